The van der Waals surface area contributed by atoms with Crippen molar-refractivity contribution in [3.63, 3.8) is 0 Å². The molecule has 154 valence electrons. The predicted octanol–water partition coefficient (Wildman–Crippen LogP) is 4.63. The number of rotatable bonds is 9. The zero-order valence-electron chi connectivity index (χ0n) is 15.2. The van der Waals surface area contributed by atoms with Gasteiger partial charge in [-0.2, -0.15) is 5.10 Å². The lowest BCUT2D eigenvalue weighted by Gasteiger charge is -1.99. The van der Waals surface area contributed by atoms with Gasteiger partial charge in [0, 0.05) is 16.8 Å². The smallest absolute Gasteiger partial charge is 0.272 e. The normalized spacial score (nSPS) is 11.0. The summed E-state index contributed by atoms with van der Waals surface area (Å²) in [6, 6.07) is 13.7. The molecule has 30 heavy (non-hydrogen) atoms. The molecule has 3 rings (SSSR count). The number of para-hydroxylation sites is 1. The standard InChI is InChI=1S/C18H14ClN5O3S3/c19-14-7-5-12(6-8-14)10-28-17-22-23-18(30-17)29-11-16(25)21-20-9-13-3-1-2-4-15(13)24(26)27/h1-9H,10-11H2,(H,21,25)/b20-9-. The molecule has 1 N–H and O–H groups in total. The fourth-order valence-electron chi connectivity index (χ4n) is 2.14. The number of hydrazone groups is 1. The highest BCUT2D eigenvalue weighted by molar-refractivity contribution is 8.03. The molecular formula is C18H14ClN5O3S3. The molecule has 0 aliphatic rings. The molecule has 0 saturated heterocycles. The quantitative estimate of drug-likeness (QED) is 0.206. The zero-order chi connectivity index (χ0) is 21.3. The van der Waals surface area contributed by atoms with Gasteiger partial charge in [-0.25, -0.2) is 5.43 Å². The second-order valence-corrected chi connectivity index (χ2v) is 9.51. The molecule has 8 nitrogen and oxygen atoms in total. The van der Waals surface area contributed by atoms with Gasteiger partial charge in [0.25, 0.3) is 11.6 Å². The highest BCUT2D eigenvalue weighted by Gasteiger charge is 2.11. The van der Waals surface area contributed by atoms with E-state index in [9.17, 15) is 14.9 Å². The Morgan fingerprint density at radius 1 is 1.17 bits per heavy atom. The fraction of sp³-hybridized carbons (Fsp3) is 0.111. The third-order valence-corrected chi connectivity index (χ3v) is 7.03. The third-order valence-electron chi connectivity index (χ3n) is 3.52. The summed E-state index contributed by atoms with van der Waals surface area (Å²) in [7, 11) is 0. The van der Waals surface area contributed by atoms with E-state index in [0.717, 1.165) is 15.7 Å². The summed E-state index contributed by atoms with van der Waals surface area (Å²) >= 11 is 10.1. The lowest BCUT2D eigenvalue weighted by Crippen LogP contribution is -2.19. The van der Waals surface area contributed by atoms with Crippen molar-refractivity contribution >= 4 is 64.3 Å². The molecule has 12 heteroatoms. The summed E-state index contributed by atoms with van der Waals surface area (Å²) in [5, 5.41) is 23.6. The number of thioether (sulfide) groups is 2. The number of hydrogen-bond donors (Lipinski definition) is 1. The van der Waals surface area contributed by atoms with Crippen molar-refractivity contribution in [1.82, 2.24) is 15.6 Å². The maximum absolute atomic E-state index is 11.9. The van der Waals surface area contributed by atoms with Crippen LogP contribution in [0.15, 0.2) is 62.3 Å². The van der Waals surface area contributed by atoms with Crippen LogP contribution in [0, 0.1) is 10.1 Å². The van der Waals surface area contributed by atoms with Gasteiger partial charge in [-0.3, -0.25) is 14.9 Å². The van der Waals surface area contributed by atoms with Crippen molar-refractivity contribution in [2.24, 2.45) is 5.10 Å². The van der Waals surface area contributed by atoms with E-state index in [-0.39, 0.29) is 17.3 Å². The second kappa shape index (κ2) is 11.1. The van der Waals surface area contributed by atoms with E-state index in [0.29, 0.717) is 14.9 Å². The first-order chi connectivity index (χ1) is 14.5. The molecule has 0 aliphatic carbocycles. The molecular weight excluding hydrogens is 466 g/mol. The number of benzene rings is 2. The Morgan fingerprint density at radius 2 is 1.87 bits per heavy atom. The molecule has 0 spiro atoms. The number of halogens is 1. The summed E-state index contributed by atoms with van der Waals surface area (Å²) in [6.45, 7) is 0. The summed E-state index contributed by atoms with van der Waals surface area (Å²) < 4.78 is 1.48. The monoisotopic (exact) mass is 479 g/mol. The molecule has 0 radical (unpaired) electrons. The summed E-state index contributed by atoms with van der Waals surface area (Å²) in [6.07, 6.45) is 1.25. The van der Waals surface area contributed by atoms with Gasteiger partial charge in [0.15, 0.2) is 8.68 Å². The van der Waals surface area contributed by atoms with Crippen molar-refractivity contribution in [3.05, 3.63) is 74.8 Å². The molecule has 0 fully saturated rings. The first kappa shape index (κ1) is 22.2. The topological polar surface area (TPSA) is 110 Å². The van der Waals surface area contributed by atoms with E-state index in [1.54, 1.807) is 30.0 Å². The van der Waals surface area contributed by atoms with E-state index in [1.807, 2.05) is 24.3 Å². The average molecular weight is 480 g/mol. The van der Waals surface area contributed by atoms with Crippen LogP contribution in [0.4, 0.5) is 5.69 Å². The Morgan fingerprint density at radius 3 is 2.60 bits per heavy atom. The number of amides is 1. The highest BCUT2D eigenvalue weighted by Crippen LogP contribution is 2.30. The predicted molar refractivity (Wildman–Crippen MR) is 120 cm³/mol. The van der Waals surface area contributed by atoms with Crippen LogP contribution in [0.1, 0.15) is 11.1 Å². The van der Waals surface area contributed by atoms with Crippen LogP contribution in [-0.4, -0.2) is 33.0 Å². The minimum atomic E-state index is -0.503. The van der Waals surface area contributed by atoms with Crippen LogP contribution in [-0.2, 0) is 10.5 Å². The number of nitro groups is 1. The molecule has 2 aromatic carbocycles. The number of hydrogen-bond acceptors (Lipinski definition) is 9. The SMILES string of the molecule is O=C(CSc1nnc(SCc2ccc(Cl)cc2)s1)N/N=C\c1ccccc1[N+](=O)[O-]. The lowest BCUT2D eigenvalue weighted by molar-refractivity contribution is -0.385. The molecule has 1 amide bonds. The fourth-order valence-corrected chi connectivity index (χ4v) is 5.03. The Kier molecular flexibility index (Phi) is 8.20. The Balaban J connectivity index is 1.44. The number of carbonyl (C=O) groups is 1. The summed E-state index contributed by atoms with van der Waals surface area (Å²) in [5.74, 6) is 0.502. The number of nitro benzene ring substituents is 1. The van der Waals surface area contributed by atoms with Crippen LogP contribution in [0.25, 0.3) is 0 Å². The van der Waals surface area contributed by atoms with Crippen LogP contribution in [0.5, 0.6) is 0 Å². The van der Waals surface area contributed by atoms with Gasteiger partial charge in [-0.15, -0.1) is 10.2 Å². The van der Waals surface area contributed by atoms with Crippen molar-refractivity contribution in [2.75, 3.05) is 5.75 Å². The average Bonchev–Trinajstić information content (AvgIpc) is 3.20. The molecule has 0 bridgehead atoms. The van der Waals surface area contributed by atoms with Crippen molar-refractivity contribution in [3.8, 4) is 0 Å². The summed E-state index contributed by atoms with van der Waals surface area (Å²) in [4.78, 5) is 22.4. The largest absolute Gasteiger partial charge is 0.278 e. The summed E-state index contributed by atoms with van der Waals surface area (Å²) in [5.41, 5.74) is 3.71. The van der Waals surface area contributed by atoms with Crippen LogP contribution < -0.4 is 5.43 Å². The van der Waals surface area contributed by atoms with Gasteiger partial charge in [0.1, 0.15) is 0 Å². The van der Waals surface area contributed by atoms with E-state index >= 15 is 0 Å². The molecule has 0 saturated carbocycles. The molecule has 0 aliphatic heterocycles. The second-order valence-electron chi connectivity index (χ2n) is 5.65. The van der Waals surface area contributed by atoms with Gasteiger partial charge in [0.2, 0.25) is 0 Å². The minimum Gasteiger partial charge on any atom is -0.272 e. The van der Waals surface area contributed by atoms with Crippen molar-refractivity contribution in [2.45, 2.75) is 14.4 Å². The maximum Gasteiger partial charge on any atom is 0.278 e. The van der Waals surface area contributed by atoms with Crippen LogP contribution in [0.2, 0.25) is 5.02 Å². The number of nitrogens with one attached hydrogen (secondary N) is 1. The molecule has 0 unspecified atom stereocenters. The Labute approximate surface area is 189 Å². The number of carbonyl (C=O) groups excluding carboxylic acids is 1. The molecule has 1 aromatic heterocycles. The van der Waals surface area contributed by atoms with Gasteiger partial charge in [-0.1, -0.05) is 70.7 Å². The van der Waals surface area contributed by atoms with Gasteiger partial charge < -0.3 is 0 Å². The van der Waals surface area contributed by atoms with E-state index in [1.165, 1.54) is 35.4 Å². The van der Waals surface area contributed by atoms with Crippen molar-refractivity contribution in [1.29, 1.82) is 0 Å². The Hall–Kier alpha value is -2.47. The first-order valence-corrected chi connectivity index (χ1v) is 11.6. The van der Waals surface area contributed by atoms with Crippen molar-refractivity contribution < 1.29 is 9.72 Å². The number of nitrogens with zero attached hydrogens (tertiary/aromatic N) is 4. The first-order valence-electron chi connectivity index (χ1n) is 8.40. The lowest BCUT2D eigenvalue weighted by atomic mass is 10.2. The Bertz CT molecular complexity index is 1060. The highest BCUT2D eigenvalue weighted by atomic mass is 35.5. The van der Waals surface area contributed by atoms with E-state index in [2.05, 4.69) is 20.7 Å². The van der Waals surface area contributed by atoms with E-state index < -0.39 is 4.92 Å². The van der Waals surface area contributed by atoms with Gasteiger partial charge >= 0.3 is 0 Å². The van der Waals surface area contributed by atoms with Gasteiger partial charge in [-0.05, 0) is 23.8 Å². The van der Waals surface area contributed by atoms with Crippen LogP contribution in [0.3, 0.4) is 0 Å². The van der Waals surface area contributed by atoms with Gasteiger partial charge in [0.05, 0.1) is 22.5 Å². The number of aromatic nitrogens is 2. The third kappa shape index (κ3) is 6.80. The maximum atomic E-state index is 11.9. The molecule has 3 aromatic rings. The van der Waals surface area contributed by atoms with Crippen LogP contribution >= 0.6 is 46.5 Å². The zero-order valence-corrected chi connectivity index (χ0v) is 18.4. The molecule has 1 heterocycles. The molecule has 0 atom stereocenters. The minimum absolute atomic E-state index is 0.0811. The van der Waals surface area contributed by atoms with E-state index in [4.69, 9.17) is 11.6 Å².